The van der Waals surface area contributed by atoms with E-state index in [0.29, 0.717) is 5.02 Å². The molecule has 0 aliphatic heterocycles. The van der Waals surface area contributed by atoms with Gasteiger partial charge in [-0.2, -0.15) is 0 Å². The summed E-state index contributed by atoms with van der Waals surface area (Å²) in [5.41, 5.74) is 1.57. The smallest absolute Gasteiger partial charge is 0.148 e. The van der Waals surface area contributed by atoms with Crippen LogP contribution in [-0.4, -0.2) is 23.9 Å². The van der Waals surface area contributed by atoms with E-state index in [9.17, 15) is 0 Å². The highest BCUT2D eigenvalue weighted by Gasteiger charge is 2.08. The van der Waals surface area contributed by atoms with Gasteiger partial charge in [0, 0.05) is 17.1 Å². The summed E-state index contributed by atoms with van der Waals surface area (Å²) in [7, 11) is 1.62. The van der Waals surface area contributed by atoms with Crippen molar-refractivity contribution in [2.24, 2.45) is 0 Å². The van der Waals surface area contributed by atoms with Gasteiger partial charge in [-0.25, -0.2) is 0 Å². The van der Waals surface area contributed by atoms with E-state index in [2.05, 4.69) is 15.5 Å². The molecule has 0 saturated carbocycles. The number of hydrogen-bond acceptors (Lipinski definition) is 4. The van der Waals surface area contributed by atoms with E-state index in [4.69, 9.17) is 16.3 Å². The van der Waals surface area contributed by atoms with Crippen LogP contribution in [0.5, 0.6) is 5.75 Å². The SMILES string of the molecule is CCNc1ccc(-c2cc(Cl)ccc2OC)nn1. The molecule has 0 aliphatic rings. The first-order valence-corrected chi connectivity index (χ1v) is 6.04. The van der Waals surface area contributed by atoms with Gasteiger partial charge in [0.15, 0.2) is 0 Å². The van der Waals surface area contributed by atoms with Crippen LogP contribution in [0.15, 0.2) is 30.3 Å². The predicted octanol–water partition coefficient (Wildman–Crippen LogP) is 3.24. The predicted molar refractivity (Wildman–Crippen MR) is 73.2 cm³/mol. The fraction of sp³-hybridized carbons (Fsp3) is 0.231. The highest BCUT2D eigenvalue weighted by atomic mass is 35.5. The van der Waals surface area contributed by atoms with Gasteiger partial charge in [0.25, 0.3) is 0 Å². The van der Waals surface area contributed by atoms with E-state index < -0.39 is 0 Å². The molecule has 94 valence electrons. The van der Waals surface area contributed by atoms with Crippen molar-refractivity contribution >= 4 is 17.4 Å². The Bertz CT molecular complexity index is 528. The number of halogens is 1. The maximum atomic E-state index is 5.99. The third kappa shape index (κ3) is 2.71. The third-order valence-electron chi connectivity index (χ3n) is 2.46. The zero-order chi connectivity index (χ0) is 13.0. The van der Waals surface area contributed by atoms with Gasteiger partial charge >= 0.3 is 0 Å². The molecule has 0 saturated heterocycles. The van der Waals surface area contributed by atoms with Crippen molar-refractivity contribution in [3.8, 4) is 17.0 Å². The van der Waals surface area contributed by atoms with Crippen molar-refractivity contribution in [3.05, 3.63) is 35.4 Å². The second kappa shape index (κ2) is 5.69. The third-order valence-corrected chi connectivity index (χ3v) is 2.70. The van der Waals surface area contributed by atoms with Crippen LogP contribution in [0.3, 0.4) is 0 Å². The second-order valence-corrected chi connectivity index (χ2v) is 4.12. The van der Waals surface area contributed by atoms with Crippen molar-refractivity contribution in [1.29, 1.82) is 0 Å². The molecule has 1 N–H and O–H groups in total. The fourth-order valence-corrected chi connectivity index (χ4v) is 1.80. The van der Waals surface area contributed by atoms with E-state index in [1.54, 1.807) is 13.2 Å². The Morgan fingerprint density at radius 1 is 1.22 bits per heavy atom. The first-order valence-electron chi connectivity index (χ1n) is 5.66. The molecular formula is C13H14ClN3O. The van der Waals surface area contributed by atoms with Gasteiger partial charge in [-0.3, -0.25) is 0 Å². The van der Waals surface area contributed by atoms with Crippen molar-refractivity contribution in [2.45, 2.75) is 6.92 Å². The van der Waals surface area contributed by atoms with E-state index in [-0.39, 0.29) is 0 Å². The molecule has 1 aromatic carbocycles. The molecule has 0 unspecified atom stereocenters. The van der Waals surface area contributed by atoms with E-state index in [0.717, 1.165) is 29.4 Å². The number of aromatic nitrogens is 2. The standard InChI is InChI=1S/C13H14ClN3O/c1-3-15-13-7-5-11(16-17-13)10-8-9(14)4-6-12(10)18-2/h4-8H,3H2,1-2H3,(H,15,17). The van der Waals surface area contributed by atoms with Gasteiger partial charge < -0.3 is 10.1 Å². The molecule has 2 rings (SSSR count). The number of nitrogens with zero attached hydrogens (tertiary/aromatic N) is 2. The van der Waals surface area contributed by atoms with Crippen LogP contribution in [0.2, 0.25) is 5.02 Å². The highest BCUT2D eigenvalue weighted by Crippen LogP contribution is 2.31. The molecule has 5 heteroatoms. The van der Waals surface area contributed by atoms with Gasteiger partial charge in [-0.05, 0) is 37.3 Å². The zero-order valence-electron chi connectivity index (χ0n) is 10.3. The van der Waals surface area contributed by atoms with Crippen LogP contribution >= 0.6 is 11.6 Å². The largest absolute Gasteiger partial charge is 0.496 e. The van der Waals surface area contributed by atoms with Crippen LogP contribution < -0.4 is 10.1 Å². The summed E-state index contributed by atoms with van der Waals surface area (Å²) in [5.74, 6) is 1.48. The van der Waals surface area contributed by atoms with Crippen LogP contribution in [0.25, 0.3) is 11.3 Å². The molecule has 18 heavy (non-hydrogen) atoms. The monoisotopic (exact) mass is 263 g/mol. The molecule has 0 spiro atoms. The highest BCUT2D eigenvalue weighted by molar-refractivity contribution is 6.30. The minimum absolute atomic E-state index is 0.642. The average molecular weight is 264 g/mol. The Labute approximate surface area is 111 Å². The molecule has 0 aliphatic carbocycles. The number of hydrogen-bond donors (Lipinski definition) is 1. The molecule has 1 aromatic heterocycles. The van der Waals surface area contributed by atoms with Gasteiger partial charge in [0.1, 0.15) is 11.6 Å². The molecule has 0 bridgehead atoms. The van der Waals surface area contributed by atoms with Gasteiger partial charge in [-0.15, -0.1) is 10.2 Å². The fourth-order valence-electron chi connectivity index (χ4n) is 1.63. The topological polar surface area (TPSA) is 47.0 Å². The van der Waals surface area contributed by atoms with E-state index in [1.165, 1.54) is 0 Å². The second-order valence-electron chi connectivity index (χ2n) is 3.68. The number of rotatable bonds is 4. The zero-order valence-corrected chi connectivity index (χ0v) is 11.0. The molecular weight excluding hydrogens is 250 g/mol. The maximum absolute atomic E-state index is 5.99. The van der Waals surface area contributed by atoms with Gasteiger partial charge in [-0.1, -0.05) is 11.6 Å². The average Bonchev–Trinajstić information content (AvgIpc) is 2.40. The lowest BCUT2D eigenvalue weighted by Crippen LogP contribution is -2.01. The summed E-state index contributed by atoms with van der Waals surface area (Å²) < 4.78 is 5.29. The minimum Gasteiger partial charge on any atom is -0.496 e. The first-order chi connectivity index (χ1) is 8.74. The quantitative estimate of drug-likeness (QED) is 0.920. The Balaban J connectivity index is 2.38. The Hall–Kier alpha value is -1.81. The Kier molecular flexibility index (Phi) is 3.99. The number of anilines is 1. The first kappa shape index (κ1) is 12.6. The molecule has 1 heterocycles. The summed E-state index contributed by atoms with van der Waals surface area (Å²) in [6.07, 6.45) is 0. The Morgan fingerprint density at radius 3 is 2.67 bits per heavy atom. The molecule has 4 nitrogen and oxygen atoms in total. The Morgan fingerprint density at radius 2 is 2.06 bits per heavy atom. The minimum atomic E-state index is 0.642. The lowest BCUT2D eigenvalue weighted by Gasteiger charge is -2.08. The van der Waals surface area contributed by atoms with Crippen LogP contribution in [0.1, 0.15) is 6.92 Å². The van der Waals surface area contributed by atoms with Crippen LogP contribution in [0.4, 0.5) is 5.82 Å². The normalized spacial score (nSPS) is 10.2. The number of ether oxygens (including phenoxy) is 1. The van der Waals surface area contributed by atoms with Crippen LogP contribution in [-0.2, 0) is 0 Å². The molecule has 0 fully saturated rings. The maximum Gasteiger partial charge on any atom is 0.148 e. The van der Waals surface area contributed by atoms with Crippen molar-refractivity contribution in [3.63, 3.8) is 0 Å². The van der Waals surface area contributed by atoms with Crippen molar-refractivity contribution in [1.82, 2.24) is 10.2 Å². The lowest BCUT2D eigenvalue weighted by molar-refractivity contribution is 0.416. The summed E-state index contributed by atoms with van der Waals surface area (Å²) >= 11 is 5.99. The van der Waals surface area contributed by atoms with Gasteiger partial charge in [0.2, 0.25) is 0 Å². The number of methoxy groups -OCH3 is 1. The number of nitrogens with one attached hydrogen (secondary N) is 1. The molecule has 0 radical (unpaired) electrons. The molecule has 2 aromatic rings. The summed E-state index contributed by atoms with van der Waals surface area (Å²) in [5, 5.41) is 12.0. The van der Waals surface area contributed by atoms with Crippen molar-refractivity contribution < 1.29 is 4.74 Å². The molecule has 0 amide bonds. The van der Waals surface area contributed by atoms with Gasteiger partial charge in [0.05, 0.1) is 12.8 Å². The summed E-state index contributed by atoms with van der Waals surface area (Å²) in [4.78, 5) is 0. The van der Waals surface area contributed by atoms with E-state index in [1.807, 2.05) is 31.2 Å². The lowest BCUT2D eigenvalue weighted by atomic mass is 10.1. The molecule has 0 atom stereocenters. The van der Waals surface area contributed by atoms with Crippen molar-refractivity contribution in [2.75, 3.05) is 19.0 Å². The summed E-state index contributed by atoms with van der Waals surface area (Å²) in [6, 6.07) is 9.19. The van der Waals surface area contributed by atoms with E-state index >= 15 is 0 Å². The van der Waals surface area contributed by atoms with Crippen LogP contribution in [0, 0.1) is 0 Å². The number of benzene rings is 1. The summed E-state index contributed by atoms with van der Waals surface area (Å²) in [6.45, 7) is 2.82.